The van der Waals surface area contributed by atoms with Crippen molar-refractivity contribution in [3.8, 4) is 0 Å². The molecule has 1 aromatic carbocycles. The molecule has 0 saturated carbocycles. The Kier molecular flexibility index (Phi) is 3.69. The summed E-state index contributed by atoms with van der Waals surface area (Å²) in [7, 11) is 0. The first-order chi connectivity index (χ1) is 9.00. The van der Waals surface area contributed by atoms with Crippen LogP contribution in [0.15, 0.2) is 35.9 Å². The Hall–Kier alpha value is -2.10. The van der Waals surface area contributed by atoms with Gasteiger partial charge in [-0.25, -0.2) is 4.79 Å². The van der Waals surface area contributed by atoms with Gasteiger partial charge in [-0.15, -0.1) is 0 Å². The lowest BCUT2D eigenvalue weighted by molar-refractivity contribution is -0.149. The topological polar surface area (TPSA) is 63.6 Å². The lowest BCUT2D eigenvalue weighted by Crippen LogP contribution is -2.14. The molecule has 1 fully saturated rings. The second kappa shape index (κ2) is 5.26. The van der Waals surface area contributed by atoms with Crippen LogP contribution in [0.1, 0.15) is 25.8 Å². The Balaban J connectivity index is 2.43. The van der Waals surface area contributed by atoms with Crippen LogP contribution in [0.5, 0.6) is 0 Å². The standard InChI is InChI=1S/C15H16O4/c1-9(2)8-11-12(14(17)15(18)19-11)13(16)10-6-4-3-5-7-10/h3-7,9,11,16H,8H2,1-2H3/b13-12-. The molecule has 1 unspecified atom stereocenters. The van der Waals surface area contributed by atoms with Crippen molar-refractivity contribution in [2.75, 3.05) is 0 Å². The third kappa shape index (κ3) is 2.67. The van der Waals surface area contributed by atoms with Crippen LogP contribution in [0.25, 0.3) is 5.76 Å². The van der Waals surface area contributed by atoms with Crippen LogP contribution in [0.4, 0.5) is 0 Å². The summed E-state index contributed by atoms with van der Waals surface area (Å²) in [6.07, 6.45) is -0.135. The molecule has 1 saturated heterocycles. The zero-order valence-electron chi connectivity index (χ0n) is 10.9. The van der Waals surface area contributed by atoms with Gasteiger partial charge in [-0.05, 0) is 12.3 Å². The molecule has 0 spiro atoms. The second-order valence-corrected chi connectivity index (χ2v) is 4.98. The molecule has 1 aliphatic rings. The van der Waals surface area contributed by atoms with E-state index in [2.05, 4.69) is 0 Å². The molecule has 19 heavy (non-hydrogen) atoms. The molecule has 0 aromatic heterocycles. The molecule has 0 amide bonds. The highest BCUT2D eigenvalue weighted by Gasteiger charge is 2.41. The zero-order chi connectivity index (χ0) is 14.0. The highest BCUT2D eigenvalue weighted by molar-refractivity contribution is 6.44. The minimum absolute atomic E-state index is 0.0740. The van der Waals surface area contributed by atoms with Gasteiger partial charge < -0.3 is 9.84 Å². The van der Waals surface area contributed by atoms with Crippen LogP contribution < -0.4 is 0 Å². The number of rotatable bonds is 3. The fraction of sp³-hybridized carbons (Fsp3) is 0.333. The summed E-state index contributed by atoms with van der Waals surface area (Å²) < 4.78 is 5.03. The molecule has 1 aromatic rings. The highest BCUT2D eigenvalue weighted by atomic mass is 16.6. The Labute approximate surface area is 111 Å². The van der Waals surface area contributed by atoms with Crippen molar-refractivity contribution >= 4 is 17.5 Å². The van der Waals surface area contributed by atoms with E-state index in [1.165, 1.54) is 0 Å². The fourth-order valence-electron chi connectivity index (χ4n) is 2.10. The minimum atomic E-state index is -0.886. The maximum atomic E-state index is 11.8. The van der Waals surface area contributed by atoms with Gasteiger partial charge >= 0.3 is 5.97 Å². The molecule has 1 aliphatic heterocycles. The van der Waals surface area contributed by atoms with E-state index in [0.29, 0.717) is 12.0 Å². The number of carbonyl (C=O) groups is 2. The molecule has 4 heteroatoms. The lowest BCUT2D eigenvalue weighted by atomic mass is 9.96. The number of carbonyl (C=O) groups excluding carboxylic acids is 2. The van der Waals surface area contributed by atoms with Gasteiger partial charge in [-0.2, -0.15) is 0 Å². The molecule has 1 atom stereocenters. The van der Waals surface area contributed by atoms with E-state index < -0.39 is 17.9 Å². The van der Waals surface area contributed by atoms with Gasteiger partial charge in [-0.1, -0.05) is 44.2 Å². The fourth-order valence-corrected chi connectivity index (χ4v) is 2.10. The number of hydrogen-bond acceptors (Lipinski definition) is 4. The minimum Gasteiger partial charge on any atom is -0.507 e. The van der Waals surface area contributed by atoms with Gasteiger partial charge in [-0.3, -0.25) is 4.79 Å². The Morgan fingerprint density at radius 1 is 1.26 bits per heavy atom. The van der Waals surface area contributed by atoms with E-state index in [-0.39, 0.29) is 17.3 Å². The number of aliphatic hydroxyl groups is 1. The summed E-state index contributed by atoms with van der Waals surface area (Å²) in [5.41, 5.74) is 0.586. The number of benzene rings is 1. The number of ether oxygens (including phenoxy) is 1. The number of aliphatic hydroxyl groups excluding tert-OH is 1. The maximum absolute atomic E-state index is 11.8. The van der Waals surface area contributed by atoms with Crippen molar-refractivity contribution in [3.05, 3.63) is 41.5 Å². The first-order valence-corrected chi connectivity index (χ1v) is 6.24. The molecular formula is C15H16O4. The third-order valence-electron chi connectivity index (χ3n) is 2.99. The summed E-state index contributed by atoms with van der Waals surface area (Å²) in [6, 6.07) is 8.69. The predicted octanol–water partition coefficient (Wildman–Crippen LogP) is 2.50. The average molecular weight is 260 g/mol. The van der Waals surface area contributed by atoms with E-state index in [0.717, 1.165) is 0 Å². The Bertz CT molecular complexity index is 528. The highest BCUT2D eigenvalue weighted by Crippen LogP contribution is 2.29. The quantitative estimate of drug-likeness (QED) is 0.392. The van der Waals surface area contributed by atoms with Gasteiger partial charge in [0.05, 0.1) is 5.57 Å². The SMILES string of the molecule is CC(C)CC1OC(=O)C(=O)/C1=C(\O)c1ccccc1. The number of ketones is 1. The van der Waals surface area contributed by atoms with Crippen molar-refractivity contribution < 1.29 is 19.4 Å². The number of cyclic esters (lactones) is 1. The van der Waals surface area contributed by atoms with Gasteiger partial charge in [0.15, 0.2) is 0 Å². The van der Waals surface area contributed by atoms with E-state index in [4.69, 9.17) is 4.74 Å². The van der Waals surface area contributed by atoms with E-state index in [9.17, 15) is 14.7 Å². The molecule has 0 bridgehead atoms. The van der Waals surface area contributed by atoms with Crippen molar-refractivity contribution in [2.24, 2.45) is 5.92 Å². The number of esters is 1. The Morgan fingerprint density at radius 3 is 2.47 bits per heavy atom. The molecule has 2 rings (SSSR count). The van der Waals surface area contributed by atoms with Crippen LogP contribution in [0.3, 0.4) is 0 Å². The molecule has 0 aliphatic carbocycles. The van der Waals surface area contributed by atoms with Gasteiger partial charge in [0.1, 0.15) is 11.9 Å². The maximum Gasteiger partial charge on any atom is 0.380 e. The molecule has 4 nitrogen and oxygen atoms in total. The number of hydrogen-bond donors (Lipinski definition) is 1. The second-order valence-electron chi connectivity index (χ2n) is 4.98. The van der Waals surface area contributed by atoms with Gasteiger partial charge in [0.2, 0.25) is 0 Å². The largest absolute Gasteiger partial charge is 0.507 e. The van der Waals surface area contributed by atoms with Crippen LogP contribution in [-0.4, -0.2) is 23.0 Å². The normalized spacial score (nSPS) is 21.7. The summed E-state index contributed by atoms with van der Waals surface area (Å²) in [5, 5.41) is 10.2. The van der Waals surface area contributed by atoms with E-state index in [1.807, 2.05) is 19.9 Å². The first-order valence-electron chi connectivity index (χ1n) is 6.24. The summed E-state index contributed by atoms with van der Waals surface area (Å²) in [5.74, 6) is -1.54. The molecule has 1 N–H and O–H groups in total. The zero-order valence-corrected chi connectivity index (χ0v) is 10.9. The van der Waals surface area contributed by atoms with Gasteiger partial charge in [0, 0.05) is 5.56 Å². The molecule has 0 radical (unpaired) electrons. The van der Waals surface area contributed by atoms with Crippen LogP contribution >= 0.6 is 0 Å². The van der Waals surface area contributed by atoms with E-state index >= 15 is 0 Å². The van der Waals surface area contributed by atoms with Crippen molar-refractivity contribution in [1.82, 2.24) is 0 Å². The summed E-state index contributed by atoms with van der Waals surface area (Å²) >= 11 is 0. The lowest BCUT2D eigenvalue weighted by Gasteiger charge is -2.13. The molecule has 100 valence electrons. The molecule has 1 heterocycles. The monoisotopic (exact) mass is 260 g/mol. The van der Waals surface area contributed by atoms with Crippen molar-refractivity contribution in [3.63, 3.8) is 0 Å². The average Bonchev–Trinajstić information content (AvgIpc) is 2.64. The predicted molar refractivity (Wildman–Crippen MR) is 70.3 cm³/mol. The van der Waals surface area contributed by atoms with Crippen molar-refractivity contribution in [2.45, 2.75) is 26.4 Å². The smallest absolute Gasteiger partial charge is 0.380 e. The molecular weight excluding hydrogens is 244 g/mol. The van der Waals surface area contributed by atoms with Crippen LogP contribution in [0, 0.1) is 5.92 Å². The van der Waals surface area contributed by atoms with Crippen LogP contribution in [-0.2, 0) is 14.3 Å². The third-order valence-corrected chi connectivity index (χ3v) is 2.99. The Morgan fingerprint density at radius 2 is 1.89 bits per heavy atom. The van der Waals surface area contributed by atoms with Crippen molar-refractivity contribution in [1.29, 1.82) is 0 Å². The summed E-state index contributed by atoms with van der Waals surface area (Å²) in [4.78, 5) is 23.2. The van der Waals surface area contributed by atoms with E-state index in [1.54, 1.807) is 24.3 Å². The first kappa shape index (κ1) is 13.3. The van der Waals surface area contributed by atoms with Crippen LogP contribution in [0.2, 0.25) is 0 Å². The summed E-state index contributed by atoms with van der Waals surface area (Å²) in [6.45, 7) is 3.93. The number of Topliss-reactive ketones (excluding diaryl/α,β-unsaturated/α-hetero) is 1. The van der Waals surface area contributed by atoms with Gasteiger partial charge in [0.25, 0.3) is 5.78 Å².